The lowest BCUT2D eigenvalue weighted by molar-refractivity contribution is -0.870. The molecule has 0 rings (SSSR count). The maximum Gasteiger partial charge on any atom is 0.361 e. The Morgan fingerprint density at radius 1 is 0.441 bits per heavy atom. The molecule has 9 heteroatoms. The smallest absolute Gasteiger partial charge is 0.361 e. The van der Waals surface area contributed by atoms with Crippen LogP contribution in [0.25, 0.3) is 0 Å². The van der Waals surface area contributed by atoms with Crippen molar-refractivity contribution in [1.29, 1.82) is 0 Å². The van der Waals surface area contributed by atoms with Crippen LogP contribution in [0.1, 0.15) is 277 Å². The topological polar surface area (TPSA) is 108 Å². The highest BCUT2D eigenvalue weighted by Gasteiger charge is 2.25. The Morgan fingerprint density at radius 3 is 1.16 bits per heavy atom. The Kier molecular flexibility index (Phi) is 49.5. The number of hydrogen-bond acceptors (Lipinski definition) is 7. The molecule has 0 saturated carbocycles. The van der Waals surface area contributed by atoms with Crippen LogP contribution < -0.4 is 0 Å². The molecule has 0 saturated heterocycles. The first-order valence-electron chi connectivity index (χ1n) is 29.0. The average molecular weight is 964 g/mol. The van der Waals surface area contributed by atoms with E-state index >= 15 is 0 Å². The normalized spacial score (nSPS) is 12.9. The number of esters is 2. The van der Waals surface area contributed by atoms with E-state index in [9.17, 15) is 19.5 Å². The molecule has 0 spiro atoms. The number of allylic oxidation sites excluding steroid dienone is 4. The quantitative estimate of drug-likeness (QED) is 0.0211. The fourth-order valence-electron chi connectivity index (χ4n) is 8.46. The van der Waals surface area contributed by atoms with Gasteiger partial charge in [0.2, 0.25) is 0 Å². The van der Waals surface area contributed by atoms with Gasteiger partial charge in [-0.2, -0.15) is 0 Å². The number of aliphatic carboxylic acids is 1. The van der Waals surface area contributed by atoms with Crippen LogP contribution in [0.2, 0.25) is 0 Å². The second kappa shape index (κ2) is 51.1. The van der Waals surface area contributed by atoms with Gasteiger partial charge in [-0.15, -0.1) is 0 Å². The first kappa shape index (κ1) is 65.8. The summed E-state index contributed by atoms with van der Waals surface area (Å²) in [6, 6.07) is 0. The molecule has 0 aliphatic heterocycles. The number of nitrogens with zero attached hydrogens (tertiary/aromatic N) is 1. The number of quaternary nitrogens is 1. The minimum absolute atomic E-state index is 0.179. The van der Waals surface area contributed by atoms with Crippen LogP contribution in [0.3, 0.4) is 0 Å². The van der Waals surface area contributed by atoms with Crippen LogP contribution >= 0.6 is 0 Å². The van der Waals surface area contributed by atoms with E-state index in [4.69, 9.17) is 18.9 Å². The van der Waals surface area contributed by atoms with Gasteiger partial charge in [-0.1, -0.05) is 244 Å². The van der Waals surface area contributed by atoms with E-state index in [2.05, 4.69) is 38.2 Å². The summed E-state index contributed by atoms with van der Waals surface area (Å²) >= 11 is 0. The molecule has 2 atom stereocenters. The molecule has 0 aromatic heterocycles. The summed E-state index contributed by atoms with van der Waals surface area (Å²) in [5.41, 5.74) is 0. The number of likely N-dealkylation sites (N-methyl/N-ethyl adjacent to an activating group) is 1. The average Bonchev–Trinajstić information content (AvgIpc) is 3.30. The first-order valence-corrected chi connectivity index (χ1v) is 29.0. The van der Waals surface area contributed by atoms with Gasteiger partial charge < -0.3 is 28.5 Å². The van der Waals surface area contributed by atoms with Crippen molar-refractivity contribution in [3.8, 4) is 0 Å². The molecular formula is C59H112NO8+. The van der Waals surface area contributed by atoms with E-state index < -0.39 is 24.3 Å². The molecule has 0 bridgehead atoms. The summed E-state index contributed by atoms with van der Waals surface area (Å²) in [5.74, 6) is -1.99. The highest BCUT2D eigenvalue weighted by molar-refractivity contribution is 5.71. The molecule has 0 aliphatic carbocycles. The zero-order chi connectivity index (χ0) is 49.9. The third-order valence-corrected chi connectivity index (χ3v) is 13.0. The standard InChI is InChI=1S/C59H111NO8/c1-6-8-10-12-14-16-18-20-22-24-26-28-30-31-33-35-37-39-41-43-45-47-49-56(61)66-53-55(54-67-59(58(63)64)65-52-51-60(3,4)5)68-57(62)50-48-46-44-42-40-38-36-34-32-29-27-25-23-21-19-17-15-13-11-9-7-2/h19,21,25,27,55,59H,6-18,20,22-24,26,28-54H2,1-5H3/p+1/b21-19-,27-25-. The van der Waals surface area contributed by atoms with Gasteiger partial charge in [-0.3, -0.25) is 9.59 Å². The van der Waals surface area contributed by atoms with E-state index in [0.717, 1.165) is 51.4 Å². The number of carboxylic acids is 1. The molecule has 0 aliphatic rings. The summed E-state index contributed by atoms with van der Waals surface area (Å²) in [4.78, 5) is 37.4. The largest absolute Gasteiger partial charge is 0.477 e. The molecule has 0 aromatic rings. The van der Waals surface area contributed by atoms with Gasteiger partial charge in [-0.05, 0) is 44.9 Å². The second-order valence-electron chi connectivity index (χ2n) is 21.0. The lowest BCUT2D eigenvalue weighted by Gasteiger charge is -2.25. The van der Waals surface area contributed by atoms with Crippen molar-refractivity contribution in [2.24, 2.45) is 0 Å². The van der Waals surface area contributed by atoms with Gasteiger partial charge in [0.15, 0.2) is 6.10 Å². The summed E-state index contributed by atoms with van der Waals surface area (Å²) in [7, 11) is 5.97. The van der Waals surface area contributed by atoms with Gasteiger partial charge in [0.1, 0.15) is 13.2 Å². The van der Waals surface area contributed by atoms with E-state index in [1.54, 1.807) is 0 Å². The van der Waals surface area contributed by atoms with Crippen molar-refractivity contribution < 1.29 is 42.9 Å². The number of ether oxygens (including phenoxy) is 4. The molecule has 2 unspecified atom stereocenters. The van der Waals surface area contributed by atoms with Crippen molar-refractivity contribution in [3.63, 3.8) is 0 Å². The molecular weight excluding hydrogens is 851 g/mol. The molecule has 68 heavy (non-hydrogen) atoms. The van der Waals surface area contributed by atoms with Gasteiger partial charge in [-0.25, -0.2) is 4.79 Å². The maximum atomic E-state index is 12.9. The van der Waals surface area contributed by atoms with E-state index in [1.165, 1.54) is 199 Å². The predicted molar refractivity (Wildman–Crippen MR) is 286 cm³/mol. The number of carbonyl (C=O) groups excluding carboxylic acids is 2. The van der Waals surface area contributed by atoms with Crippen molar-refractivity contribution in [1.82, 2.24) is 0 Å². The number of rotatable bonds is 54. The highest BCUT2D eigenvalue weighted by Crippen LogP contribution is 2.17. The number of hydrogen-bond donors (Lipinski definition) is 1. The zero-order valence-corrected chi connectivity index (χ0v) is 45.5. The Morgan fingerprint density at radius 2 is 0.794 bits per heavy atom. The lowest BCUT2D eigenvalue weighted by atomic mass is 10.0. The maximum absolute atomic E-state index is 12.9. The minimum atomic E-state index is -1.51. The molecule has 1 N–H and O–H groups in total. The van der Waals surface area contributed by atoms with Crippen molar-refractivity contribution in [2.45, 2.75) is 289 Å². The van der Waals surface area contributed by atoms with E-state index in [0.29, 0.717) is 17.4 Å². The Hall–Kier alpha value is -2.23. The summed E-state index contributed by atoms with van der Waals surface area (Å²) < 4.78 is 22.9. The molecule has 0 fully saturated rings. The van der Waals surface area contributed by atoms with Gasteiger partial charge in [0, 0.05) is 12.8 Å². The minimum Gasteiger partial charge on any atom is -0.477 e. The summed E-state index contributed by atoms with van der Waals surface area (Å²) in [6.45, 7) is 4.91. The monoisotopic (exact) mass is 963 g/mol. The molecule has 0 amide bonds. The van der Waals surface area contributed by atoms with E-state index in [1.807, 2.05) is 21.1 Å². The predicted octanol–water partition coefficient (Wildman–Crippen LogP) is 16.7. The molecule has 0 heterocycles. The summed E-state index contributed by atoms with van der Waals surface area (Å²) in [6.07, 6.45) is 56.8. The third-order valence-electron chi connectivity index (χ3n) is 13.0. The Bertz CT molecular complexity index is 1170. The van der Waals surface area contributed by atoms with Crippen molar-refractivity contribution in [3.05, 3.63) is 24.3 Å². The fraction of sp³-hybridized carbons (Fsp3) is 0.881. The molecule has 9 nitrogen and oxygen atoms in total. The Labute approximate surface area is 420 Å². The molecule has 400 valence electrons. The van der Waals surface area contributed by atoms with Gasteiger partial charge >= 0.3 is 17.9 Å². The first-order chi connectivity index (χ1) is 33.1. The third kappa shape index (κ3) is 51.6. The van der Waals surface area contributed by atoms with Crippen LogP contribution in [0.4, 0.5) is 0 Å². The number of carboxylic acid groups (broad SMARTS) is 1. The molecule has 0 radical (unpaired) electrons. The van der Waals surface area contributed by atoms with Crippen LogP contribution in [-0.2, 0) is 33.3 Å². The number of unbranched alkanes of at least 4 members (excludes halogenated alkanes) is 35. The van der Waals surface area contributed by atoms with E-state index in [-0.39, 0.29) is 32.2 Å². The van der Waals surface area contributed by atoms with Crippen LogP contribution in [0.5, 0.6) is 0 Å². The van der Waals surface area contributed by atoms with Crippen molar-refractivity contribution in [2.75, 3.05) is 47.5 Å². The van der Waals surface area contributed by atoms with Gasteiger partial charge in [0.05, 0.1) is 34.4 Å². The summed E-state index contributed by atoms with van der Waals surface area (Å²) in [5, 5.41) is 9.70. The molecule has 0 aromatic carbocycles. The van der Waals surface area contributed by atoms with Crippen molar-refractivity contribution >= 4 is 17.9 Å². The second-order valence-corrected chi connectivity index (χ2v) is 21.0. The van der Waals surface area contributed by atoms with Crippen LogP contribution in [-0.4, -0.2) is 87.4 Å². The van der Waals surface area contributed by atoms with Gasteiger partial charge in [0.25, 0.3) is 6.29 Å². The zero-order valence-electron chi connectivity index (χ0n) is 45.5. The lowest BCUT2D eigenvalue weighted by Crippen LogP contribution is -2.40. The van der Waals surface area contributed by atoms with Crippen LogP contribution in [0.15, 0.2) is 24.3 Å². The number of carbonyl (C=O) groups is 3. The van der Waals surface area contributed by atoms with Crippen LogP contribution in [0, 0.1) is 0 Å². The fourth-order valence-corrected chi connectivity index (χ4v) is 8.46. The highest BCUT2D eigenvalue weighted by atomic mass is 16.7. The Balaban J connectivity index is 4.23. The SMILES string of the molecule is CCCCCCC/C=C\C/C=C\CCCCCCCCCCCC(=O)OC(COC(=O)CCCCCCCCCCCCCCCCCCCCCCCC)COC(OCC[N+](C)(C)C)C(=O)O.